The Morgan fingerprint density at radius 1 is 1.43 bits per heavy atom. The number of hydrogen-bond donors (Lipinski definition) is 1. The van der Waals surface area contributed by atoms with Crippen molar-refractivity contribution in [1.29, 1.82) is 0 Å². The van der Waals surface area contributed by atoms with Gasteiger partial charge in [-0.05, 0) is 52.2 Å². The molecule has 5 nitrogen and oxygen atoms in total. The minimum absolute atomic E-state index is 0.224. The summed E-state index contributed by atoms with van der Waals surface area (Å²) in [6, 6.07) is 4.23. The van der Waals surface area contributed by atoms with E-state index >= 15 is 0 Å². The van der Waals surface area contributed by atoms with Crippen LogP contribution in [0.5, 0.6) is 0 Å². The fraction of sp³-hybridized carbons (Fsp3) is 0.625. The van der Waals surface area contributed by atoms with Gasteiger partial charge in [0.05, 0.1) is 0 Å². The van der Waals surface area contributed by atoms with E-state index in [-0.39, 0.29) is 12.1 Å². The van der Waals surface area contributed by atoms with E-state index in [2.05, 4.69) is 10.3 Å². The van der Waals surface area contributed by atoms with Crippen LogP contribution in [0.3, 0.4) is 0 Å². The molecule has 2 heterocycles. The van der Waals surface area contributed by atoms with E-state index in [4.69, 9.17) is 4.74 Å². The first-order valence-electron chi connectivity index (χ1n) is 7.50. The van der Waals surface area contributed by atoms with Gasteiger partial charge >= 0.3 is 6.09 Å². The zero-order valence-corrected chi connectivity index (χ0v) is 13.3. The SMILES string of the molecule is Cc1ccc(N[C@H]2CCCN(C(=O)OC(C)(C)C)C2)nc1. The Bertz CT molecular complexity index is 479. The summed E-state index contributed by atoms with van der Waals surface area (Å²) in [6.45, 7) is 9.10. The quantitative estimate of drug-likeness (QED) is 0.909. The highest BCUT2D eigenvalue weighted by Gasteiger charge is 2.27. The molecule has 0 aliphatic carbocycles. The van der Waals surface area contributed by atoms with Gasteiger partial charge in [0.15, 0.2) is 0 Å². The molecule has 1 aromatic rings. The van der Waals surface area contributed by atoms with Crippen molar-refractivity contribution in [3.63, 3.8) is 0 Å². The van der Waals surface area contributed by atoms with Gasteiger partial charge in [0.1, 0.15) is 11.4 Å². The molecule has 0 aromatic carbocycles. The lowest BCUT2D eigenvalue weighted by molar-refractivity contribution is 0.0206. The summed E-state index contributed by atoms with van der Waals surface area (Å²) in [5.74, 6) is 0.858. The third-order valence-electron chi connectivity index (χ3n) is 3.34. The molecule has 1 aliphatic rings. The maximum atomic E-state index is 12.1. The normalized spacial score (nSPS) is 19.2. The third kappa shape index (κ3) is 4.92. The van der Waals surface area contributed by atoms with Crippen molar-refractivity contribution >= 4 is 11.9 Å². The zero-order chi connectivity index (χ0) is 15.5. The van der Waals surface area contributed by atoms with Crippen molar-refractivity contribution < 1.29 is 9.53 Å². The van der Waals surface area contributed by atoms with Crippen molar-refractivity contribution in [1.82, 2.24) is 9.88 Å². The van der Waals surface area contributed by atoms with Gasteiger partial charge in [0.2, 0.25) is 0 Å². The molecule has 5 heteroatoms. The van der Waals surface area contributed by atoms with Gasteiger partial charge < -0.3 is 15.0 Å². The molecule has 0 unspecified atom stereocenters. The van der Waals surface area contributed by atoms with E-state index < -0.39 is 5.60 Å². The van der Waals surface area contributed by atoms with Crippen molar-refractivity contribution in [2.75, 3.05) is 18.4 Å². The lowest BCUT2D eigenvalue weighted by Crippen LogP contribution is -2.47. The Kier molecular flexibility index (Phi) is 4.70. The molecular weight excluding hydrogens is 266 g/mol. The van der Waals surface area contributed by atoms with E-state index in [0.29, 0.717) is 6.54 Å². The standard InChI is InChI=1S/C16H25N3O2/c1-12-7-8-14(17-10-12)18-13-6-5-9-19(11-13)15(20)21-16(2,3)4/h7-8,10,13H,5-6,9,11H2,1-4H3,(H,17,18)/t13-/m0/s1. The number of carbonyl (C=O) groups is 1. The number of piperidine rings is 1. The number of nitrogens with zero attached hydrogens (tertiary/aromatic N) is 2. The second kappa shape index (κ2) is 6.33. The number of likely N-dealkylation sites (tertiary alicyclic amines) is 1. The molecule has 1 fully saturated rings. The van der Waals surface area contributed by atoms with Crippen LogP contribution in [0.15, 0.2) is 18.3 Å². The number of rotatable bonds is 2. The van der Waals surface area contributed by atoms with Crippen LogP contribution in [-0.2, 0) is 4.74 Å². The molecule has 0 bridgehead atoms. The highest BCUT2D eigenvalue weighted by atomic mass is 16.6. The van der Waals surface area contributed by atoms with Gasteiger partial charge in [0, 0.05) is 25.3 Å². The monoisotopic (exact) mass is 291 g/mol. The maximum absolute atomic E-state index is 12.1. The molecule has 116 valence electrons. The van der Waals surface area contributed by atoms with Gasteiger partial charge in [-0.1, -0.05) is 6.07 Å². The molecule has 1 amide bonds. The fourth-order valence-corrected chi connectivity index (χ4v) is 2.35. The Hall–Kier alpha value is -1.78. The molecule has 1 aliphatic heterocycles. The number of aromatic nitrogens is 1. The Morgan fingerprint density at radius 2 is 2.19 bits per heavy atom. The second-order valence-electron chi connectivity index (χ2n) is 6.63. The summed E-state index contributed by atoms with van der Waals surface area (Å²) in [6.07, 6.45) is 3.62. The minimum atomic E-state index is -0.448. The Morgan fingerprint density at radius 3 is 2.81 bits per heavy atom. The summed E-state index contributed by atoms with van der Waals surface area (Å²) < 4.78 is 5.44. The highest BCUT2D eigenvalue weighted by molar-refractivity contribution is 5.68. The highest BCUT2D eigenvalue weighted by Crippen LogP contribution is 2.18. The summed E-state index contributed by atoms with van der Waals surface area (Å²) in [4.78, 5) is 18.3. The number of amides is 1. The van der Waals surface area contributed by atoms with Gasteiger partial charge in [-0.2, -0.15) is 0 Å². The van der Waals surface area contributed by atoms with Gasteiger partial charge in [-0.3, -0.25) is 0 Å². The topological polar surface area (TPSA) is 54.5 Å². The summed E-state index contributed by atoms with van der Waals surface area (Å²) in [5.41, 5.74) is 0.690. The molecule has 0 spiro atoms. The van der Waals surface area contributed by atoms with Gasteiger partial charge in [-0.25, -0.2) is 9.78 Å². The molecule has 1 saturated heterocycles. The van der Waals surface area contributed by atoms with Crippen LogP contribution in [0.4, 0.5) is 10.6 Å². The number of ether oxygens (including phenoxy) is 1. The van der Waals surface area contributed by atoms with Crippen molar-refractivity contribution in [2.24, 2.45) is 0 Å². The number of nitrogens with one attached hydrogen (secondary N) is 1. The first kappa shape index (κ1) is 15.6. The number of pyridine rings is 1. The van der Waals surface area contributed by atoms with Gasteiger partial charge in [0.25, 0.3) is 0 Å². The van der Waals surface area contributed by atoms with Crippen LogP contribution in [0, 0.1) is 6.92 Å². The molecule has 1 atom stereocenters. The number of aryl methyl sites for hydroxylation is 1. The van der Waals surface area contributed by atoms with Crippen LogP contribution in [0.1, 0.15) is 39.2 Å². The first-order chi connectivity index (χ1) is 9.83. The molecule has 1 aromatic heterocycles. The number of hydrogen-bond acceptors (Lipinski definition) is 4. The predicted octanol–water partition coefficient (Wildman–Crippen LogP) is 3.20. The van der Waals surface area contributed by atoms with E-state index in [0.717, 1.165) is 30.8 Å². The number of anilines is 1. The predicted molar refractivity (Wildman–Crippen MR) is 83.4 cm³/mol. The summed E-state index contributed by atoms with van der Waals surface area (Å²) in [5, 5.41) is 3.40. The van der Waals surface area contributed by atoms with Crippen molar-refractivity contribution in [3.8, 4) is 0 Å². The second-order valence-corrected chi connectivity index (χ2v) is 6.63. The van der Waals surface area contributed by atoms with E-state index in [1.807, 2.05) is 46.0 Å². The molecular formula is C16H25N3O2. The molecule has 0 saturated carbocycles. The molecule has 1 N–H and O–H groups in total. The Labute approximate surface area is 126 Å². The average Bonchev–Trinajstić information content (AvgIpc) is 2.40. The van der Waals surface area contributed by atoms with Crippen molar-refractivity contribution in [3.05, 3.63) is 23.9 Å². The Balaban J connectivity index is 1.91. The van der Waals surface area contributed by atoms with Crippen LogP contribution in [0.2, 0.25) is 0 Å². The lowest BCUT2D eigenvalue weighted by atomic mass is 10.1. The largest absolute Gasteiger partial charge is 0.444 e. The minimum Gasteiger partial charge on any atom is -0.444 e. The van der Waals surface area contributed by atoms with Crippen LogP contribution < -0.4 is 5.32 Å². The van der Waals surface area contributed by atoms with E-state index in [9.17, 15) is 4.79 Å². The van der Waals surface area contributed by atoms with Gasteiger partial charge in [-0.15, -0.1) is 0 Å². The molecule has 2 rings (SSSR count). The smallest absolute Gasteiger partial charge is 0.410 e. The average molecular weight is 291 g/mol. The zero-order valence-electron chi connectivity index (χ0n) is 13.3. The number of carbonyl (C=O) groups excluding carboxylic acids is 1. The van der Waals surface area contributed by atoms with E-state index in [1.165, 1.54) is 0 Å². The molecule has 0 radical (unpaired) electrons. The third-order valence-corrected chi connectivity index (χ3v) is 3.34. The van der Waals surface area contributed by atoms with Crippen LogP contribution >= 0.6 is 0 Å². The summed E-state index contributed by atoms with van der Waals surface area (Å²) in [7, 11) is 0. The van der Waals surface area contributed by atoms with Crippen molar-refractivity contribution in [2.45, 2.75) is 52.2 Å². The first-order valence-corrected chi connectivity index (χ1v) is 7.50. The summed E-state index contributed by atoms with van der Waals surface area (Å²) >= 11 is 0. The van der Waals surface area contributed by atoms with Crippen LogP contribution in [0.25, 0.3) is 0 Å². The lowest BCUT2D eigenvalue weighted by Gasteiger charge is -2.34. The fourth-order valence-electron chi connectivity index (χ4n) is 2.35. The van der Waals surface area contributed by atoms with Crippen LogP contribution in [-0.4, -0.2) is 40.7 Å². The maximum Gasteiger partial charge on any atom is 0.410 e. The molecule has 21 heavy (non-hydrogen) atoms. The van der Waals surface area contributed by atoms with E-state index in [1.54, 1.807) is 4.90 Å².